The van der Waals surface area contributed by atoms with E-state index in [1.807, 2.05) is 0 Å². The second-order valence-electron chi connectivity index (χ2n) is 8.32. The lowest BCUT2D eigenvalue weighted by Gasteiger charge is -2.19. The minimum absolute atomic E-state index is 0.172. The van der Waals surface area contributed by atoms with Gasteiger partial charge in [0.05, 0.1) is 36.4 Å². The van der Waals surface area contributed by atoms with E-state index in [-0.39, 0.29) is 22.8 Å². The molecular formula is C23H22F3N5O2. The molecule has 2 unspecified atom stereocenters. The average molecular weight is 457 g/mol. The fraction of sp³-hybridized carbons (Fsp3) is 0.348. The Labute approximate surface area is 188 Å². The van der Waals surface area contributed by atoms with Gasteiger partial charge in [0.25, 0.3) is 0 Å². The summed E-state index contributed by atoms with van der Waals surface area (Å²) in [5, 5.41) is 16.6. The normalized spacial score (nSPS) is 17.6. The minimum Gasteiger partial charge on any atom is -0.496 e. The van der Waals surface area contributed by atoms with Crippen LogP contribution in [-0.2, 0) is 5.41 Å². The van der Waals surface area contributed by atoms with Crippen molar-refractivity contribution >= 4 is 11.3 Å². The summed E-state index contributed by atoms with van der Waals surface area (Å²) in [6.45, 7) is 4.31. The molecule has 0 amide bonds. The van der Waals surface area contributed by atoms with Crippen LogP contribution in [0.4, 0.5) is 13.2 Å². The van der Waals surface area contributed by atoms with E-state index in [0.29, 0.717) is 28.8 Å². The zero-order chi connectivity index (χ0) is 23.9. The summed E-state index contributed by atoms with van der Waals surface area (Å²) in [4.78, 5) is 4.44. The van der Waals surface area contributed by atoms with Crippen LogP contribution in [0, 0.1) is 11.3 Å². The number of rotatable bonds is 8. The first-order valence-electron chi connectivity index (χ1n) is 10.2. The summed E-state index contributed by atoms with van der Waals surface area (Å²) in [5.41, 5.74) is 1.80. The standard InChI is InChI=1S/C23H22F3N5O2/c1-12(30-17-7-16(17)24)20-18(32-4)5-13(6-19(20)33-22(25)26)15-9-29-31-10-14(8-28-21(15)31)23(2,3)11-27/h5-6,8-10,16-17,22,30H,1,7H2,2-4H3. The molecule has 172 valence electrons. The van der Waals surface area contributed by atoms with E-state index >= 15 is 0 Å². The van der Waals surface area contributed by atoms with Crippen LogP contribution in [0.15, 0.2) is 37.3 Å². The van der Waals surface area contributed by atoms with Gasteiger partial charge in [0, 0.05) is 35.6 Å². The molecule has 1 aliphatic rings. The van der Waals surface area contributed by atoms with Gasteiger partial charge in [-0.1, -0.05) is 6.58 Å². The number of methoxy groups -OCH3 is 1. The second kappa shape index (κ2) is 8.31. The predicted octanol–water partition coefficient (Wildman–Crippen LogP) is 4.48. The number of ether oxygens (including phenoxy) is 2. The average Bonchev–Trinajstić information content (AvgIpc) is 3.30. The van der Waals surface area contributed by atoms with Gasteiger partial charge >= 0.3 is 6.61 Å². The molecule has 0 radical (unpaired) electrons. The fourth-order valence-electron chi connectivity index (χ4n) is 3.47. The van der Waals surface area contributed by atoms with Crippen LogP contribution in [0.25, 0.3) is 22.5 Å². The first kappa shape index (κ1) is 22.5. The third-order valence-electron chi connectivity index (χ3n) is 5.54. The monoisotopic (exact) mass is 457 g/mol. The minimum atomic E-state index is -3.09. The van der Waals surface area contributed by atoms with E-state index in [1.165, 1.54) is 23.9 Å². The van der Waals surface area contributed by atoms with Crippen LogP contribution in [0.3, 0.4) is 0 Å². The molecule has 0 aliphatic heterocycles. The van der Waals surface area contributed by atoms with Crippen LogP contribution in [0.5, 0.6) is 11.5 Å². The summed E-state index contributed by atoms with van der Waals surface area (Å²) in [5.74, 6) is 0.0489. The maximum absolute atomic E-state index is 13.3. The highest BCUT2D eigenvalue weighted by Crippen LogP contribution is 2.41. The van der Waals surface area contributed by atoms with Crippen LogP contribution in [0.2, 0.25) is 0 Å². The lowest BCUT2D eigenvalue weighted by atomic mass is 9.89. The summed E-state index contributed by atoms with van der Waals surface area (Å²) < 4.78 is 51.5. The van der Waals surface area contributed by atoms with Crippen molar-refractivity contribution in [3.63, 3.8) is 0 Å². The van der Waals surface area contributed by atoms with Gasteiger partial charge in [0.15, 0.2) is 5.65 Å². The van der Waals surface area contributed by atoms with Gasteiger partial charge in [-0.15, -0.1) is 0 Å². The van der Waals surface area contributed by atoms with E-state index in [4.69, 9.17) is 9.47 Å². The smallest absolute Gasteiger partial charge is 0.387 e. The van der Waals surface area contributed by atoms with Crippen LogP contribution in [0.1, 0.15) is 31.4 Å². The molecule has 1 aliphatic carbocycles. The molecule has 1 N–H and O–H groups in total. The topological polar surface area (TPSA) is 84.5 Å². The maximum atomic E-state index is 13.3. The van der Waals surface area contributed by atoms with E-state index in [2.05, 4.69) is 28.0 Å². The Balaban J connectivity index is 1.80. The summed E-state index contributed by atoms with van der Waals surface area (Å²) in [6.07, 6.45) is 4.14. The zero-order valence-electron chi connectivity index (χ0n) is 18.3. The van der Waals surface area contributed by atoms with Crippen molar-refractivity contribution in [1.29, 1.82) is 5.26 Å². The van der Waals surface area contributed by atoms with Crippen molar-refractivity contribution in [3.8, 4) is 28.7 Å². The molecular weight excluding hydrogens is 435 g/mol. The first-order valence-corrected chi connectivity index (χ1v) is 10.2. The predicted molar refractivity (Wildman–Crippen MR) is 116 cm³/mol. The van der Waals surface area contributed by atoms with Crippen molar-refractivity contribution in [2.75, 3.05) is 7.11 Å². The second-order valence-corrected chi connectivity index (χ2v) is 8.32. The summed E-state index contributed by atoms with van der Waals surface area (Å²) in [7, 11) is 1.39. The molecule has 10 heteroatoms. The summed E-state index contributed by atoms with van der Waals surface area (Å²) >= 11 is 0. The Hall–Kier alpha value is -3.74. The Bertz CT molecular complexity index is 1260. The molecule has 4 rings (SSSR count). The number of nitrogens with zero attached hydrogens (tertiary/aromatic N) is 4. The van der Waals surface area contributed by atoms with Crippen molar-refractivity contribution in [2.45, 2.75) is 44.5 Å². The zero-order valence-corrected chi connectivity index (χ0v) is 18.3. The molecule has 1 fully saturated rings. The fourth-order valence-corrected chi connectivity index (χ4v) is 3.47. The van der Waals surface area contributed by atoms with Gasteiger partial charge in [-0.2, -0.15) is 19.1 Å². The number of halogens is 3. The largest absolute Gasteiger partial charge is 0.496 e. The number of hydrogen-bond acceptors (Lipinski definition) is 6. The number of alkyl halides is 3. The highest BCUT2D eigenvalue weighted by atomic mass is 19.3. The Morgan fingerprint density at radius 1 is 1.33 bits per heavy atom. The molecule has 33 heavy (non-hydrogen) atoms. The van der Waals surface area contributed by atoms with Gasteiger partial charge in [-0.05, 0) is 31.5 Å². The maximum Gasteiger partial charge on any atom is 0.387 e. The number of benzene rings is 1. The molecule has 2 atom stereocenters. The SMILES string of the molecule is C=C(NC1CC1F)c1c(OC)cc(-c2cnn3cc(C(C)(C)C#N)cnc23)cc1OC(F)F. The molecule has 1 saturated carbocycles. The lowest BCUT2D eigenvalue weighted by molar-refractivity contribution is -0.0501. The summed E-state index contributed by atoms with van der Waals surface area (Å²) in [6, 6.07) is 4.85. The number of aromatic nitrogens is 3. The lowest BCUT2D eigenvalue weighted by Crippen LogP contribution is -2.18. The Kier molecular flexibility index (Phi) is 5.66. The number of hydrogen-bond donors (Lipinski definition) is 1. The molecule has 0 spiro atoms. The number of nitriles is 1. The van der Waals surface area contributed by atoms with Crippen molar-refractivity contribution < 1.29 is 22.6 Å². The van der Waals surface area contributed by atoms with Crippen molar-refractivity contribution in [3.05, 3.63) is 48.4 Å². The van der Waals surface area contributed by atoms with Gasteiger partial charge in [-0.3, -0.25) is 0 Å². The van der Waals surface area contributed by atoms with Crippen molar-refractivity contribution in [2.24, 2.45) is 0 Å². The van der Waals surface area contributed by atoms with E-state index in [1.54, 1.807) is 32.3 Å². The molecule has 7 nitrogen and oxygen atoms in total. The van der Waals surface area contributed by atoms with E-state index in [9.17, 15) is 18.4 Å². The Morgan fingerprint density at radius 3 is 2.64 bits per heavy atom. The van der Waals surface area contributed by atoms with E-state index in [0.717, 1.165) is 0 Å². The molecule has 2 aromatic heterocycles. The molecule has 2 heterocycles. The number of nitrogens with one attached hydrogen (secondary N) is 1. The van der Waals surface area contributed by atoms with Crippen LogP contribution >= 0.6 is 0 Å². The highest BCUT2D eigenvalue weighted by Gasteiger charge is 2.38. The quantitative estimate of drug-likeness (QED) is 0.537. The molecule has 0 saturated heterocycles. The third-order valence-corrected chi connectivity index (χ3v) is 5.54. The van der Waals surface area contributed by atoms with Gasteiger partial charge in [-0.25, -0.2) is 13.9 Å². The third kappa shape index (κ3) is 4.31. The van der Waals surface area contributed by atoms with Crippen LogP contribution < -0.4 is 14.8 Å². The van der Waals surface area contributed by atoms with E-state index < -0.39 is 24.2 Å². The van der Waals surface area contributed by atoms with Gasteiger partial charge < -0.3 is 14.8 Å². The molecule has 1 aromatic carbocycles. The van der Waals surface area contributed by atoms with Crippen molar-refractivity contribution in [1.82, 2.24) is 19.9 Å². The Morgan fingerprint density at radius 2 is 2.03 bits per heavy atom. The molecule has 3 aromatic rings. The van der Waals surface area contributed by atoms with Gasteiger partial charge in [0.1, 0.15) is 17.7 Å². The number of fused-ring (bicyclic) bond motifs is 1. The van der Waals surface area contributed by atoms with Gasteiger partial charge in [0.2, 0.25) is 0 Å². The first-order chi connectivity index (χ1) is 15.6. The van der Waals surface area contributed by atoms with Crippen LogP contribution in [-0.4, -0.2) is 40.5 Å². The molecule has 0 bridgehead atoms. The highest BCUT2D eigenvalue weighted by molar-refractivity contribution is 5.83.